The van der Waals surface area contributed by atoms with Crippen molar-refractivity contribution in [1.82, 2.24) is 24.8 Å². The first-order chi connectivity index (χ1) is 16.8. The minimum absolute atomic E-state index is 0.0488. The van der Waals surface area contributed by atoms with Crippen molar-refractivity contribution in [2.24, 2.45) is 0 Å². The molecule has 2 fully saturated rings. The molecule has 1 saturated carbocycles. The van der Waals surface area contributed by atoms with Gasteiger partial charge in [-0.15, -0.1) is 0 Å². The largest absolute Gasteiger partial charge is 0.367 e. The molecule has 0 amide bonds. The molecule has 5 rings (SSSR count). The lowest BCUT2D eigenvalue weighted by atomic mass is 10.0. The van der Waals surface area contributed by atoms with E-state index in [9.17, 15) is 9.59 Å². The van der Waals surface area contributed by atoms with Crippen LogP contribution in [0, 0.1) is 6.92 Å². The number of carbonyl (C=O) groups excluding carboxylic acids is 1. The average Bonchev–Trinajstić information content (AvgIpc) is 3.33. The highest BCUT2D eigenvalue weighted by atomic mass is 16.1. The summed E-state index contributed by atoms with van der Waals surface area (Å²) in [5.74, 6) is 0.792. The predicted molar refractivity (Wildman–Crippen MR) is 138 cm³/mol. The fourth-order valence-corrected chi connectivity index (χ4v) is 5.61. The highest BCUT2D eigenvalue weighted by Crippen LogP contribution is 2.32. The molecule has 9 nitrogen and oxygen atoms in total. The van der Waals surface area contributed by atoms with Gasteiger partial charge in [-0.25, -0.2) is 9.97 Å². The number of anilines is 3. The van der Waals surface area contributed by atoms with Gasteiger partial charge in [0.25, 0.3) is 5.56 Å². The SMILES string of the molecule is CC(=O)c1c(C)c2cnc(Nc3ccc(N4CC(C)NC(C)C4)cn3)nc2n(C2CCCC2)c1=O. The first-order valence-corrected chi connectivity index (χ1v) is 12.5. The highest BCUT2D eigenvalue weighted by Gasteiger charge is 2.26. The quantitative estimate of drug-likeness (QED) is 0.538. The lowest BCUT2D eigenvalue weighted by molar-refractivity contribution is 0.101. The molecular formula is C26H33N7O2. The van der Waals surface area contributed by atoms with E-state index in [0.717, 1.165) is 49.8 Å². The van der Waals surface area contributed by atoms with Crippen molar-refractivity contribution in [3.63, 3.8) is 0 Å². The molecule has 35 heavy (non-hydrogen) atoms. The normalized spacial score (nSPS) is 21.0. The summed E-state index contributed by atoms with van der Waals surface area (Å²) < 4.78 is 1.72. The van der Waals surface area contributed by atoms with Gasteiger partial charge in [0.05, 0.1) is 17.4 Å². The number of fused-ring (bicyclic) bond motifs is 1. The van der Waals surface area contributed by atoms with Crippen molar-refractivity contribution in [1.29, 1.82) is 0 Å². The van der Waals surface area contributed by atoms with E-state index in [1.54, 1.807) is 17.7 Å². The van der Waals surface area contributed by atoms with E-state index in [0.29, 0.717) is 35.1 Å². The molecule has 184 valence electrons. The molecule has 0 aromatic carbocycles. The minimum atomic E-state index is -0.249. The second-order valence-corrected chi connectivity index (χ2v) is 10.0. The van der Waals surface area contributed by atoms with Gasteiger partial charge in [-0.1, -0.05) is 12.8 Å². The van der Waals surface area contributed by atoms with Crippen LogP contribution in [0.5, 0.6) is 0 Å². The molecule has 2 aliphatic rings. The van der Waals surface area contributed by atoms with E-state index >= 15 is 0 Å². The second kappa shape index (κ2) is 9.37. The lowest BCUT2D eigenvalue weighted by Crippen LogP contribution is -2.54. The molecule has 2 atom stereocenters. The number of rotatable bonds is 5. The van der Waals surface area contributed by atoms with Crippen LogP contribution in [0.3, 0.4) is 0 Å². The number of hydrogen-bond donors (Lipinski definition) is 2. The van der Waals surface area contributed by atoms with E-state index < -0.39 is 0 Å². The summed E-state index contributed by atoms with van der Waals surface area (Å²) in [6.07, 6.45) is 7.53. The first-order valence-electron chi connectivity index (χ1n) is 12.5. The van der Waals surface area contributed by atoms with Gasteiger partial charge >= 0.3 is 0 Å². The van der Waals surface area contributed by atoms with Crippen molar-refractivity contribution in [2.45, 2.75) is 71.5 Å². The van der Waals surface area contributed by atoms with Gasteiger partial charge in [-0.2, -0.15) is 4.98 Å². The number of nitrogens with one attached hydrogen (secondary N) is 2. The molecule has 2 unspecified atom stereocenters. The third-order valence-electron chi connectivity index (χ3n) is 7.16. The van der Waals surface area contributed by atoms with Crippen molar-refractivity contribution in [3.05, 3.63) is 46.0 Å². The van der Waals surface area contributed by atoms with Crippen LogP contribution in [0.15, 0.2) is 29.3 Å². The van der Waals surface area contributed by atoms with Crippen molar-refractivity contribution < 1.29 is 4.79 Å². The maximum Gasteiger partial charge on any atom is 0.263 e. The van der Waals surface area contributed by atoms with Crippen LogP contribution >= 0.6 is 0 Å². The van der Waals surface area contributed by atoms with Crippen molar-refractivity contribution >= 4 is 34.3 Å². The number of aromatic nitrogens is 4. The van der Waals surface area contributed by atoms with Crippen molar-refractivity contribution in [2.75, 3.05) is 23.3 Å². The zero-order chi connectivity index (χ0) is 24.7. The van der Waals surface area contributed by atoms with Crippen LogP contribution in [0.2, 0.25) is 0 Å². The van der Waals surface area contributed by atoms with E-state index in [-0.39, 0.29) is 22.9 Å². The maximum atomic E-state index is 13.4. The average molecular weight is 476 g/mol. The smallest absolute Gasteiger partial charge is 0.263 e. The summed E-state index contributed by atoms with van der Waals surface area (Å²) >= 11 is 0. The Morgan fingerprint density at radius 1 is 1.09 bits per heavy atom. The van der Waals surface area contributed by atoms with Crippen LogP contribution < -0.4 is 21.1 Å². The number of ketones is 1. The number of hydrogen-bond acceptors (Lipinski definition) is 8. The second-order valence-electron chi connectivity index (χ2n) is 10.0. The summed E-state index contributed by atoms with van der Waals surface area (Å²) in [4.78, 5) is 41.8. The molecule has 1 aliphatic carbocycles. The zero-order valence-corrected chi connectivity index (χ0v) is 20.8. The number of aryl methyl sites for hydroxylation is 1. The summed E-state index contributed by atoms with van der Waals surface area (Å²) in [6, 6.07) is 4.87. The molecule has 9 heteroatoms. The third-order valence-corrected chi connectivity index (χ3v) is 7.16. The molecule has 4 heterocycles. The molecule has 3 aromatic rings. The summed E-state index contributed by atoms with van der Waals surface area (Å²) in [5, 5.41) is 7.47. The summed E-state index contributed by atoms with van der Waals surface area (Å²) in [5.41, 5.74) is 2.28. The van der Waals surface area contributed by atoms with Crippen LogP contribution in [0.1, 0.15) is 68.4 Å². The standard InChI is InChI=1S/C26H33N7O2/c1-15-13-32(14-16(2)29-15)20-9-10-22(27-11-20)30-26-28-12-21-17(3)23(18(4)34)25(35)33(24(21)31-26)19-7-5-6-8-19/h9-12,15-16,19,29H,5-8,13-14H2,1-4H3,(H,27,28,30,31). The third kappa shape index (κ3) is 4.52. The van der Waals surface area contributed by atoms with Crippen LogP contribution in [-0.4, -0.2) is 50.5 Å². The Balaban J connectivity index is 1.48. The number of piperazine rings is 1. The van der Waals surface area contributed by atoms with E-state index in [1.165, 1.54) is 6.92 Å². The summed E-state index contributed by atoms with van der Waals surface area (Å²) in [7, 11) is 0. The number of Topliss-reactive ketones (excluding diaryl/α,β-unsaturated/α-hetero) is 1. The van der Waals surface area contributed by atoms with Crippen LogP contribution in [0.25, 0.3) is 11.0 Å². The van der Waals surface area contributed by atoms with E-state index in [4.69, 9.17) is 4.98 Å². The minimum Gasteiger partial charge on any atom is -0.367 e. The van der Waals surface area contributed by atoms with E-state index in [1.807, 2.05) is 12.3 Å². The van der Waals surface area contributed by atoms with Gasteiger partial charge in [-0.05, 0) is 58.2 Å². The molecule has 1 saturated heterocycles. The van der Waals surface area contributed by atoms with Gasteiger partial charge < -0.3 is 15.5 Å². The molecule has 0 bridgehead atoms. The fourth-order valence-electron chi connectivity index (χ4n) is 5.61. The predicted octanol–water partition coefficient (Wildman–Crippen LogP) is 3.74. The zero-order valence-electron chi connectivity index (χ0n) is 20.8. The number of pyridine rings is 2. The first kappa shape index (κ1) is 23.4. The van der Waals surface area contributed by atoms with Crippen LogP contribution in [0.4, 0.5) is 17.5 Å². The molecular weight excluding hydrogens is 442 g/mol. The van der Waals surface area contributed by atoms with Gasteiger partial charge in [0.15, 0.2) is 5.78 Å². The highest BCUT2D eigenvalue weighted by molar-refractivity contribution is 5.99. The Morgan fingerprint density at radius 2 is 1.80 bits per heavy atom. The maximum absolute atomic E-state index is 13.4. The topological polar surface area (TPSA) is 105 Å². The molecule has 0 radical (unpaired) electrons. The molecule has 0 spiro atoms. The Morgan fingerprint density at radius 3 is 2.43 bits per heavy atom. The fraction of sp³-hybridized carbons (Fsp3) is 0.500. The van der Waals surface area contributed by atoms with Gasteiger partial charge in [0, 0.05) is 42.8 Å². The van der Waals surface area contributed by atoms with Gasteiger partial charge in [-0.3, -0.25) is 14.2 Å². The Hall–Kier alpha value is -3.33. The molecule has 1 aliphatic heterocycles. The lowest BCUT2D eigenvalue weighted by Gasteiger charge is -2.37. The Bertz CT molecular complexity index is 1300. The van der Waals surface area contributed by atoms with Gasteiger partial charge in [0.2, 0.25) is 5.95 Å². The monoisotopic (exact) mass is 475 g/mol. The number of carbonyl (C=O) groups is 1. The van der Waals surface area contributed by atoms with E-state index in [2.05, 4.69) is 45.4 Å². The van der Waals surface area contributed by atoms with Gasteiger partial charge in [0.1, 0.15) is 11.5 Å². The van der Waals surface area contributed by atoms with Crippen molar-refractivity contribution in [3.8, 4) is 0 Å². The van der Waals surface area contributed by atoms with Crippen LogP contribution in [-0.2, 0) is 0 Å². The Kier molecular flexibility index (Phi) is 6.27. The molecule has 2 N–H and O–H groups in total. The Labute approximate surface area is 205 Å². The summed E-state index contributed by atoms with van der Waals surface area (Å²) in [6.45, 7) is 9.50. The molecule has 3 aromatic heterocycles. The number of nitrogens with zero attached hydrogens (tertiary/aromatic N) is 5.